The van der Waals surface area contributed by atoms with Crippen LogP contribution in [-0.2, 0) is 0 Å². The van der Waals surface area contributed by atoms with Crippen molar-refractivity contribution in [1.82, 2.24) is 0 Å². The van der Waals surface area contributed by atoms with Crippen molar-refractivity contribution in [3.8, 4) is 0 Å². The summed E-state index contributed by atoms with van der Waals surface area (Å²) in [6.45, 7) is 3.55. The van der Waals surface area contributed by atoms with Crippen LogP contribution >= 0.6 is 0 Å². The standard InChI is InChI=1S/C16H19N/c1-13-6-4-5-11-17(13)16-10-9-14-7-2-3-8-15(14)12-16/h2-3,7-10,12-13H,4-6,11H2,1H3. The molecule has 0 spiro atoms. The first-order chi connectivity index (χ1) is 8.34. The average Bonchev–Trinajstić information content (AvgIpc) is 2.39. The van der Waals surface area contributed by atoms with Crippen molar-refractivity contribution in [3.63, 3.8) is 0 Å². The summed E-state index contributed by atoms with van der Waals surface area (Å²) in [4.78, 5) is 2.55. The predicted octanol–water partition coefficient (Wildman–Crippen LogP) is 4.22. The molecule has 1 aliphatic rings. The Labute approximate surface area is 103 Å². The molecule has 3 rings (SSSR count). The highest BCUT2D eigenvalue weighted by Gasteiger charge is 2.18. The molecule has 2 aromatic rings. The minimum Gasteiger partial charge on any atom is -0.369 e. The Morgan fingerprint density at radius 1 is 1.00 bits per heavy atom. The smallest absolute Gasteiger partial charge is 0.0375 e. The number of hydrogen-bond acceptors (Lipinski definition) is 1. The number of nitrogens with zero attached hydrogens (tertiary/aromatic N) is 1. The van der Waals surface area contributed by atoms with E-state index in [2.05, 4.69) is 54.3 Å². The van der Waals surface area contributed by atoms with E-state index in [4.69, 9.17) is 0 Å². The van der Waals surface area contributed by atoms with Gasteiger partial charge in [0.25, 0.3) is 0 Å². The Morgan fingerprint density at radius 3 is 2.65 bits per heavy atom. The largest absolute Gasteiger partial charge is 0.369 e. The zero-order valence-corrected chi connectivity index (χ0v) is 10.4. The summed E-state index contributed by atoms with van der Waals surface area (Å²) < 4.78 is 0. The summed E-state index contributed by atoms with van der Waals surface area (Å²) >= 11 is 0. The molecule has 1 heteroatoms. The molecule has 1 saturated heterocycles. The molecule has 1 fully saturated rings. The van der Waals surface area contributed by atoms with E-state index in [1.165, 1.54) is 42.3 Å². The lowest BCUT2D eigenvalue weighted by Gasteiger charge is -2.35. The van der Waals surface area contributed by atoms with Crippen molar-refractivity contribution in [3.05, 3.63) is 42.5 Å². The number of piperidine rings is 1. The van der Waals surface area contributed by atoms with Crippen LogP contribution in [0.1, 0.15) is 26.2 Å². The van der Waals surface area contributed by atoms with E-state index in [1.54, 1.807) is 0 Å². The fourth-order valence-corrected chi connectivity index (χ4v) is 2.84. The van der Waals surface area contributed by atoms with Crippen LogP contribution in [0.15, 0.2) is 42.5 Å². The normalized spacial score (nSPS) is 20.8. The van der Waals surface area contributed by atoms with Gasteiger partial charge in [-0.25, -0.2) is 0 Å². The monoisotopic (exact) mass is 225 g/mol. The van der Waals surface area contributed by atoms with Gasteiger partial charge in [0, 0.05) is 18.3 Å². The molecule has 1 atom stereocenters. The van der Waals surface area contributed by atoms with Crippen LogP contribution < -0.4 is 4.90 Å². The lowest BCUT2D eigenvalue weighted by Crippen LogP contribution is -2.37. The first-order valence-corrected chi connectivity index (χ1v) is 6.60. The lowest BCUT2D eigenvalue weighted by atomic mass is 10.0. The van der Waals surface area contributed by atoms with Gasteiger partial charge in [0.15, 0.2) is 0 Å². The van der Waals surface area contributed by atoms with E-state index >= 15 is 0 Å². The van der Waals surface area contributed by atoms with E-state index in [0.717, 1.165) is 0 Å². The molecule has 88 valence electrons. The maximum absolute atomic E-state index is 2.55. The Morgan fingerprint density at radius 2 is 1.82 bits per heavy atom. The molecule has 0 aromatic heterocycles. The van der Waals surface area contributed by atoms with Gasteiger partial charge in [-0.1, -0.05) is 30.3 Å². The highest BCUT2D eigenvalue weighted by atomic mass is 15.2. The molecule has 2 aromatic carbocycles. The Hall–Kier alpha value is -1.50. The summed E-state index contributed by atoms with van der Waals surface area (Å²) in [5, 5.41) is 2.68. The van der Waals surface area contributed by atoms with Gasteiger partial charge in [-0.2, -0.15) is 0 Å². The number of rotatable bonds is 1. The number of fused-ring (bicyclic) bond motifs is 1. The van der Waals surface area contributed by atoms with Crippen molar-refractivity contribution in [2.24, 2.45) is 0 Å². The molecular formula is C16H19N. The third-order valence-corrected chi connectivity index (χ3v) is 3.87. The van der Waals surface area contributed by atoms with E-state index in [1.807, 2.05) is 0 Å². The maximum Gasteiger partial charge on any atom is 0.0375 e. The van der Waals surface area contributed by atoms with Crippen molar-refractivity contribution >= 4 is 16.5 Å². The molecule has 0 radical (unpaired) electrons. The van der Waals surface area contributed by atoms with Crippen LogP contribution in [0, 0.1) is 0 Å². The maximum atomic E-state index is 2.55. The van der Waals surface area contributed by atoms with Gasteiger partial charge < -0.3 is 4.90 Å². The molecule has 0 amide bonds. The van der Waals surface area contributed by atoms with Crippen molar-refractivity contribution in [2.75, 3.05) is 11.4 Å². The van der Waals surface area contributed by atoms with Gasteiger partial charge in [0.05, 0.1) is 0 Å². The number of hydrogen-bond donors (Lipinski definition) is 0. The highest BCUT2D eigenvalue weighted by Crippen LogP contribution is 2.27. The molecule has 0 aliphatic carbocycles. The van der Waals surface area contributed by atoms with Crippen LogP contribution in [0.3, 0.4) is 0 Å². The average molecular weight is 225 g/mol. The summed E-state index contributed by atoms with van der Waals surface area (Å²) in [6.07, 6.45) is 4.04. The number of anilines is 1. The SMILES string of the molecule is CC1CCCCN1c1ccc2ccccc2c1. The Kier molecular flexibility index (Phi) is 2.76. The summed E-state index contributed by atoms with van der Waals surface area (Å²) in [5.41, 5.74) is 1.39. The summed E-state index contributed by atoms with van der Waals surface area (Å²) in [7, 11) is 0. The quantitative estimate of drug-likeness (QED) is 0.702. The molecule has 1 aliphatic heterocycles. The minimum absolute atomic E-state index is 0.685. The molecule has 0 saturated carbocycles. The molecule has 17 heavy (non-hydrogen) atoms. The zero-order valence-electron chi connectivity index (χ0n) is 10.4. The molecule has 0 bridgehead atoms. The molecular weight excluding hydrogens is 206 g/mol. The van der Waals surface area contributed by atoms with Crippen LogP contribution in [0.25, 0.3) is 10.8 Å². The third-order valence-electron chi connectivity index (χ3n) is 3.87. The van der Waals surface area contributed by atoms with Crippen molar-refractivity contribution in [1.29, 1.82) is 0 Å². The molecule has 1 heterocycles. The fraction of sp³-hybridized carbons (Fsp3) is 0.375. The Bertz CT molecular complexity index is 518. The van der Waals surface area contributed by atoms with Gasteiger partial charge >= 0.3 is 0 Å². The number of benzene rings is 2. The Balaban J connectivity index is 1.99. The second-order valence-electron chi connectivity index (χ2n) is 5.07. The summed E-state index contributed by atoms with van der Waals surface area (Å²) in [6, 6.07) is 16.1. The highest BCUT2D eigenvalue weighted by molar-refractivity contribution is 5.85. The third kappa shape index (κ3) is 2.02. The van der Waals surface area contributed by atoms with Crippen LogP contribution in [0.4, 0.5) is 5.69 Å². The summed E-state index contributed by atoms with van der Waals surface area (Å²) in [5.74, 6) is 0. The van der Waals surface area contributed by atoms with Gasteiger partial charge in [0.1, 0.15) is 0 Å². The first-order valence-electron chi connectivity index (χ1n) is 6.60. The van der Waals surface area contributed by atoms with Gasteiger partial charge in [-0.3, -0.25) is 0 Å². The second kappa shape index (κ2) is 4.40. The van der Waals surface area contributed by atoms with E-state index in [9.17, 15) is 0 Å². The van der Waals surface area contributed by atoms with E-state index in [0.29, 0.717) is 6.04 Å². The van der Waals surface area contributed by atoms with E-state index in [-0.39, 0.29) is 0 Å². The minimum atomic E-state index is 0.685. The van der Waals surface area contributed by atoms with Crippen LogP contribution in [0.5, 0.6) is 0 Å². The molecule has 1 nitrogen and oxygen atoms in total. The van der Waals surface area contributed by atoms with Gasteiger partial charge in [-0.15, -0.1) is 0 Å². The van der Waals surface area contributed by atoms with Gasteiger partial charge in [-0.05, 0) is 49.1 Å². The molecule has 0 N–H and O–H groups in total. The second-order valence-corrected chi connectivity index (χ2v) is 5.07. The van der Waals surface area contributed by atoms with Crippen molar-refractivity contribution < 1.29 is 0 Å². The topological polar surface area (TPSA) is 3.24 Å². The van der Waals surface area contributed by atoms with Gasteiger partial charge in [0.2, 0.25) is 0 Å². The van der Waals surface area contributed by atoms with E-state index < -0.39 is 0 Å². The zero-order chi connectivity index (χ0) is 11.7. The fourth-order valence-electron chi connectivity index (χ4n) is 2.84. The van der Waals surface area contributed by atoms with Crippen LogP contribution in [0.2, 0.25) is 0 Å². The van der Waals surface area contributed by atoms with Crippen molar-refractivity contribution in [2.45, 2.75) is 32.2 Å². The van der Waals surface area contributed by atoms with Crippen LogP contribution in [-0.4, -0.2) is 12.6 Å². The predicted molar refractivity (Wildman–Crippen MR) is 74.6 cm³/mol. The first kappa shape index (κ1) is 10.6. The lowest BCUT2D eigenvalue weighted by molar-refractivity contribution is 0.485. The molecule has 1 unspecified atom stereocenters.